The number of methoxy groups -OCH3 is 1. The van der Waals surface area contributed by atoms with Gasteiger partial charge in [0.2, 0.25) is 0 Å². The molecule has 16 nitrogen and oxygen atoms in total. The molecule has 16 heteroatoms. The first-order chi connectivity index (χ1) is 38.2. The molecule has 12 bridgehead atoms. The first kappa shape index (κ1) is 59.3. The molecule has 2 heterocycles. The highest BCUT2D eigenvalue weighted by atomic mass is 16.6. The summed E-state index contributed by atoms with van der Waals surface area (Å²) in [6, 6.07) is 0. The van der Waals surface area contributed by atoms with Crippen LogP contribution in [0.25, 0.3) is 0 Å². The molecule has 0 N–H and O–H groups in total. The maximum atomic E-state index is 12.3. The standard InChI is InChI=1S/C18H24O4.2C17H24O4.C12H16O4/c1-10(2)16(19)22-18(15-3-4-21-17(15)20)13-6-11-5-12(8-13)9-14(18)7-11;1-10(2)16(19)21-17(9-15(18)20-3)13-5-11-4-12(7-13)8-14(17)6-11;1-3-15(18)21-17(10-16(19)20-4-2)13-6-11-5-12(8-13)9-14(17)7-11;1-2-10(13)16-12(6-3-4-7-12)9-5-8-15-11(9)14/h11-15H,1,3-9H2,2H3;11-14H,1,4-9H2,2-3H3;3,11-14H,1,4-10H2,2H3;2,9H,1,3-8H2. The van der Waals surface area contributed by atoms with Crippen LogP contribution >= 0.6 is 0 Å². The molecule has 2 saturated heterocycles. The van der Waals surface area contributed by atoms with Crippen LogP contribution in [0.4, 0.5) is 0 Å². The summed E-state index contributed by atoms with van der Waals surface area (Å²) in [5.41, 5.74) is -1.75. The molecule has 0 aromatic heterocycles. The van der Waals surface area contributed by atoms with Gasteiger partial charge in [-0.2, -0.15) is 0 Å². The van der Waals surface area contributed by atoms with Crippen LogP contribution in [0.5, 0.6) is 0 Å². The molecule has 80 heavy (non-hydrogen) atoms. The number of hydrogen-bond acceptors (Lipinski definition) is 16. The van der Waals surface area contributed by atoms with E-state index in [0.717, 1.165) is 144 Å². The van der Waals surface area contributed by atoms with Crippen LogP contribution < -0.4 is 0 Å². The van der Waals surface area contributed by atoms with Gasteiger partial charge in [-0.05, 0) is 191 Å². The minimum Gasteiger partial charge on any atom is -0.469 e. The van der Waals surface area contributed by atoms with Gasteiger partial charge in [0, 0.05) is 58.8 Å². The minimum absolute atomic E-state index is 0.165. The zero-order valence-electron chi connectivity index (χ0n) is 48.0. The van der Waals surface area contributed by atoms with E-state index in [0.29, 0.717) is 79.3 Å². The molecule has 15 rings (SSSR count). The highest BCUT2D eigenvalue weighted by Gasteiger charge is 2.66. The van der Waals surface area contributed by atoms with Gasteiger partial charge in [-0.3, -0.25) is 19.2 Å². The van der Waals surface area contributed by atoms with E-state index in [9.17, 15) is 38.4 Å². The quantitative estimate of drug-likeness (QED) is 0.0848. The molecule has 0 aromatic carbocycles. The maximum absolute atomic E-state index is 12.3. The Kier molecular flexibility index (Phi) is 18.0. The highest BCUT2D eigenvalue weighted by Crippen LogP contribution is 2.64. The Morgan fingerprint density at radius 1 is 0.525 bits per heavy atom. The summed E-state index contributed by atoms with van der Waals surface area (Å²) in [7, 11) is 1.40. The second-order valence-electron chi connectivity index (χ2n) is 26.3. The van der Waals surface area contributed by atoms with Gasteiger partial charge in [0.15, 0.2) is 0 Å². The highest BCUT2D eigenvalue weighted by molar-refractivity contribution is 5.89. The number of rotatable bonds is 15. The largest absolute Gasteiger partial charge is 0.469 e. The van der Waals surface area contributed by atoms with E-state index in [2.05, 4.69) is 26.3 Å². The Labute approximate surface area is 472 Å². The van der Waals surface area contributed by atoms with E-state index in [1.165, 1.54) is 32.4 Å². The van der Waals surface area contributed by atoms with Gasteiger partial charge in [-0.1, -0.05) is 26.3 Å². The van der Waals surface area contributed by atoms with Crippen LogP contribution in [0, 0.1) is 82.9 Å². The van der Waals surface area contributed by atoms with Crippen molar-refractivity contribution in [3.05, 3.63) is 49.6 Å². The van der Waals surface area contributed by atoms with E-state index >= 15 is 0 Å². The smallest absolute Gasteiger partial charge is 0.333 e. The van der Waals surface area contributed by atoms with Crippen LogP contribution in [-0.2, 0) is 76.3 Å². The van der Waals surface area contributed by atoms with Gasteiger partial charge in [-0.25, -0.2) is 19.2 Å². The molecular formula is C64H88O16. The van der Waals surface area contributed by atoms with Crippen LogP contribution in [0.3, 0.4) is 0 Å². The topological polar surface area (TPSA) is 210 Å². The number of esters is 8. The molecule has 0 spiro atoms. The van der Waals surface area contributed by atoms with Crippen molar-refractivity contribution in [1.82, 2.24) is 0 Å². The molecule has 440 valence electrons. The minimum atomic E-state index is -0.656. The fourth-order valence-corrected chi connectivity index (χ4v) is 18.8. The third-order valence-electron chi connectivity index (χ3n) is 21.5. The first-order valence-electron chi connectivity index (χ1n) is 30.2. The molecule has 13 saturated carbocycles. The SMILES string of the molecule is C=C(C)C(=O)OC1(C2CCOC2=O)C2CC3CC(C2)CC1C3.C=C(C)C(=O)OC1(CC(=O)OC)C2CC3CC(C2)CC1C3.C=CC(=O)OC1(C2CCOC2=O)CCCC1.C=CC(=O)OC1(CC(=O)OCC)C2CC3CC(C2)CC1C3. The molecule has 0 amide bonds. The molecule has 15 fully saturated rings. The molecule has 0 radical (unpaired) electrons. The van der Waals surface area contributed by atoms with Gasteiger partial charge in [0.05, 0.1) is 45.7 Å². The number of carbonyl (C=O) groups excluding carboxylic acids is 8. The van der Waals surface area contributed by atoms with E-state index in [-0.39, 0.29) is 60.5 Å². The second kappa shape index (κ2) is 24.3. The maximum Gasteiger partial charge on any atom is 0.333 e. The van der Waals surface area contributed by atoms with Crippen molar-refractivity contribution in [2.24, 2.45) is 82.9 Å². The molecule has 15 aliphatic rings. The fraction of sp³-hybridized carbons (Fsp3) is 0.750. The van der Waals surface area contributed by atoms with E-state index in [4.69, 9.17) is 37.9 Å². The predicted molar refractivity (Wildman–Crippen MR) is 291 cm³/mol. The van der Waals surface area contributed by atoms with Crippen molar-refractivity contribution in [2.45, 2.75) is 191 Å². The summed E-state index contributed by atoms with van der Waals surface area (Å²) in [5, 5.41) is 0. The Balaban J connectivity index is 0.000000130. The lowest BCUT2D eigenvalue weighted by atomic mass is 9.47. The van der Waals surface area contributed by atoms with E-state index in [1.807, 2.05) is 0 Å². The summed E-state index contributed by atoms with van der Waals surface area (Å²) in [6.07, 6.45) is 24.6. The zero-order chi connectivity index (χ0) is 57.3. The third-order valence-corrected chi connectivity index (χ3v) is 21.5. The van der Waals surface area contributed by atoms with Gasteiger partial charge in [0.1, 0.15) is 28.3 Å². The summed E-state index contributed by atoms with van der Waals surface area (Å²) in [5.74, 6) is 3.37. The predicted octanol–water partition coefficient (Wildman–Crippen LogP) is 10.2. The lowest BCUT2D eigenvalue weighted by Gasteiger charge is -2.61. The average Bonchev–Trinajstić information content (AvgIpc) is 4.14. The Hall–Kier alpha value is -5.28. The number of cyclic esters (lactones) is 2. The molecule has 13 aliphatic carbocycles. The number of carbonyl (C=O) groups is 8. The van der Waals surface area contributed by atoms with Crippen molar-refractivity contribution >= 4 is 47.8 Å². The Bertz CT molecular complexity index is 2360. The molecule has 0 aromatic rings. The van der Waals surface area contributed by atoms with E-state index < -0.39 is 34.3 Å². The number of ether oxygens (including phenoxy) is 8. The Morgan fingerprint density at radius 3 is 1.27 bits per heavy atom. The summed E-state index contributed by atoms with van der Waals surface area (Å²) >= 11 is 0. The van der Waals surface area contributed by atoms with Gasteiger partial charge in [0.25, 0.3) is 0 Å². The average molecular weight is 1110 g/mol. The van der Waals surface area contributed by atoms with Crippen LogP contribution in [0.15, 0.2) is 49.6 Å². The lowest BCUT2D eigenvalue weighted by Crippen LogP contribution is -2.64. The van der Waals surface area contributed by atoms with Crippen LogP contribution in [0.1, 0.15) is 168 Å². The van der Waals surface area contributed by atoms with Gasteiger partial charge >= 0.3 is 47.8 Å². The third kappa shape index (κ3) is 11.7. The van der Waals surface area contributed by atoms with Crippen molar-refractivity contribution < 1.29 is 76.3 Å². The van der Waals surface area contributed by atoms with Gasteiger partial charge in [-0.15, -0.1) is 0 Å². The van der Waals surface area contributed by atoms with Crippen molar-refractivity contribution in [2.75, 3.05) is 26.9 Å². The molecule has 2 aliphatic heterocycles. The van der Waals surface area contributed by atoms with Crippen molar-refractivity contribution in [3.8, 4) is 0 Å². The second-order valence-corrected chi connectivity index (χ2v) is 26.3. The van der Waals surface area contributed by atoms with Crippen LogP contribution in [0.2, 0.25) is 0 Å². The van der Waals surface area contributed by atoms with Crippen LogP contribution in [-0.4, -0.2) is 97.1 Å². The van der Waals surface area contributed by atoms with Crippen molar-refractivity contribution in [3.63, 3.8) is 0 Å². The summed E-state index contributed by atoms with van der Waals surface area (Å²) in [6.45, 7) is 20.7. The van der Waals surface area contributed by atoms with E-state index in [1.54, 1.807) is 20.8 Å². The molecule has 2 unspecified atom stereocenters. The summed E-state index contributed by atoms with van der Waals surface area (Å²) in [4.78, 5) is 95.6. The molecular weight excluding hydrogens is 1020 g/mol. The van der Waals surface area contributed by atoms with Crippen molar-refractivity contribution in [1.29, 1.82) is 0 Å². The first-order valence-corrected chi connectivity index (χ1v) is 30.2. The zero-order valence-corrected chi connectivity index (χ0v) is 48.0. The lowest BCUT2D eigenvalue weighted by molar-refractivity contribution is -0.225. The number of hydrogen-bond donors (Lipinski definition) is 0. The van der Waals surface area contributed by atoms with Gasteiger partial charge < -0.3 is 37.9 Å². The Morgan fingerprint density at radius 2 is 0.900 bits per heavy atom. The monoisotopic (exact) mass is 1110 g/mol. The molecule has 2 atom stereocenters. The fourth-order valence-electron chi connectivity index (χ4n) is 18.8. The summed E-state index contributed by atoms with van der Waals surface area (Å²) < 4.78 is 43.5. The normalized spacial score (nSPS) is 39.0.